The molecule has 4 nitrogen and oxygen atoms in total. The SMILES string of the molecule is CC(C)NCc1ccc(N2CC(C)(C)OC(C)(C)C2)nc1. The van der Waals surface area contributed by atoms with Gasteiger partial charge in [0.05, 0.1) is 11.2 Å². The quantitative estimate of drug-likeness (QED) is 0.925. The Morgan fingerprint density at radius 3 is 2.29 bits per heavy atom. The van der Waals surface area contributed by atoms with Gasteiger partial charge in [-0.1, -0.05) is 19.9 Å². The second-order valence-corrected chi connectivity index (χ2v) is 7.54. The third kappa shape index (κ3) is 4.68. The number of rotatable bonds is 4. The number of ether oxygens (including phenoxy) is 1. The first-order valence-electron chi connectivity index (χ1n) is 7.80. The predicted molar refractivity (Wildman–Crippen MR) is 87.7 cm³/mol. The molecule has 0 spiro atoms. The van der Waals surface area contributed by atoms with E-state index in [1.54, 1.807) is 0 Å². The van der Waals surface area contributed by atoms with E-state index in [1.165, 1.54) is 5.56 Å². The van der Waals surface area contributed by atoms with Crippen molar-refractivity contribution in [3.63, 3.8) is 0 Å². The van der Waals surface area contributed by atoms with E-state index < -0.39 is 0 Å². The van der Waals surface area contributed by atoms with E-state index >= 15 is 0 Å². The molecule has 0 bridgehead atoms. The molecule has 0 aliphatic carbocycles. The van der Waals surface area contributed by atoms with Crippen LogP contribution in [0, 0.1) is 0 Å². The number of hydrogen-bond acceptors (Lipinski definition) is 4. The Hall–Kier alpha value is -1.13. The van der Waals surface area contributed by atoms with Crippen molar-refractivity contribution in [2.24, 2.45) is 0 Å². The van der Waals surface area contributed by atoms with Gasteiger partial charge in [0.1, 0.15) is 5.82 Å². The van der Waals surface area contributed by atoms with Gasteiger partial charge in [0.15, 0.2) is 0 Å². The van der Waals surface area contributed by atoms with Gasteiger partial charge in [-0.05, 0) is 39.3 Å². The number of morpholine rings is 1. The summed E-state index contributed by atoms with van der Waals surface area (Å²) in [6.45, 7) is 15.5. The van der Waals surface area contributed by atoms with E-state index in [9.17, 15) is 0 Å². The molecule has 1 saturated heterocycles. The van der Waals surface area contributed by atoms with Crippen LogP contribution in [-0.4, -0.2) is 35.3 Å². The fourth-order valence-corrected chi connectivity index (χ4v) is 2.98. The highest BCUT2D eigenvalue weighted by atomic mass is 16.5. The molecule has 0 unspecified atom stereocenters. The van der Waals surface area contributed by atoms with Crippen LogP contribution in [0.15, 0.2) is 18.3 Å². The van der Waals surface area contributed by atoms with Crippen molar-refractivity contribution >= 4 is 5.82 Å². The Morgan fingerprint density at radius 2 is 1.81 bits per heavy atom. The van der Waals surface area contributed by atoms with Crippen LogP contribution >= 0.6 is 0 Å². The summed E-state index contributed by atoms with van der Waals surface area (Å²) < 4.78 is 6.12. The van der Waals surface area contributed by atoms with Gasteiger partial charge in [-0.2, -0.15) is 0 Å². The van der Waals surface area contributed by atoms with E-state index in [1.807, 2.05) is 6.20 Å². The molecule has 1 aliphatic rings. The van der Waals surface area contributed by atoms with Crippen LogP contribution in [0.3, 0.4) is 0 Å². The van der Waals surface area contributed by atoms with Crippen molar-refractivity contribution < 1.29 is 4.74 Å². The summed E-state index contributed by atoms with van der Waals surface area (Å²) in [7, 11) is 0. The zero-order valence-electron chi connectivity index (χ0n) is 14.2. The molecule has 2 rings (SSSR count). The third-order valence-corrected chi connectivity index (χ3v) is 3.54. The lowest BCUT2D eigenvalue weighted by Gasteiger charge is -2.47. The van der Waals surface area contributed by atoms with Crippen molar-refractivity contribution in [3.8, 4) is 0 Å². The molecule has 1 aromatic rings. The van der Waals surface area contributed by atoms with E-state index in [4.69, 9.17) is 4.74 Å². The van der Waals surface area contributed by atoms with Gasteiger partial charge in [-0.15, -0.1) is 0 Å². The lowest BCUT2D eigenvalue weighted by molar-refractivity contribution is -0.133. The first-order chi connectivity index (χ1) is 9.67. The standard InChI is InChI=1S/C17H29N3O/c1-13(2)18-9-14-7-8-15(19-10-14)20-11-16(3,4)21-17(5,6)12-20/h7-8,10,13,18H,9,11-12H2,1-6H3. The lowest BCUT2D eigenvalue weighted by atomic mass is 9.99. The van der Waals surface area contributed by atoms with Crippen LogP contribution in [0.2, 0.25) is 0 Å². The molecule has 4 heteroatoms. The smallest absolute Gasteiger partial charge is 0.128 e. The topological polar surface area (TPSA) is 37.4 Å². The number of anilines is 1. The van der Waals surface area contributed by atoms with Gasteiger partial charge in [-0.25, -0.2) is 4.98 Å². The minimum absolute atomic E-state index is 0.151. The fraction of sp³-hybridized carbons (Fsp3) is 0.706. The van der Waals surface area contributed by atoms with Gasteiger partial charge >= 0.3 is 0 Å². The summed E-state index contributed by atoms with van der Waals surface area (Å²) in [4.78, 5) is 6.96. The number of pyridine rings is 1. The van der Waals surface area contributed by atoms with E-state index in [0.29, 0.717) is 6.04 Å². The van der Waals surface area contributed by atoms with Crippen LogP contribution < -0.4 is 10.2 Å². The first kappa shape index (κ1) is 16.2. The summed E-state index contributed by atoms with van der Waals surface area (Å²) >= 11 is 0. The van der Waals surface area contributed by atoms with Gasteiger partial charge in [0.25, 0.3) is 0 Å². The predicted octanol–water partition coefficient (Wildman–Crippen LogP) is 2.97. The van der Waals surface area contributed by atoms with Crippen LogP contribution in [-0.2, 0) is 11.3 Å². The minimum atomic E-state index is -0.151. The largest absolute Gasteiger partial charge is 0.366 e. The van der Waals surface area contributed by atoms with E-state index in [-0.39, 0.29) is 11.2 Å². The van der Waals surface area contributed by atoms with E-state index in [2.05, 4.69) is 68.9 Å². The molecule has 2 heterocycles. The van der Waals surface area contributed by atoms with Gasteiger partial charge in [0.2, 0.25) is 0 Å². The molecule has 1 fully saturated rings. The Balaban J connectivity index is 2.07. The fourth-order valence-electron chi connectivity index (χ4n) is 2.98. The van der Waals surface area contributed by atoms with Crippen LogP contribution in [0.4, 0.5) is 5.82 Å². The molecule has 0 atom stereocenters. The van der Waals surface area contributed by atoms with Crippen molar-refractivity contribution in [3.05, 3.63) is 23.9 Å². The van der Waals surface area contributed by atoms with Crippen molar-refractivity contribution in [1.82, 2.24) is 10.3 Å². The highest BCUT2D eigenvalue weighted by Gasteiger charge is 2.38. The van der Waals surface area contributed by atoms with Crippen LogP contribution in [0.5, 0.6) is 0 Å². The third-order valence-electron chi connectivity index (χ3n) is 3.54. The molecule has 118 valence electrons. The molecule has 21 heavy (non-hydrogen) atoms. The van der Waals surface area contributed by atoms with Crippen molar-refractivity contribution in [1.29, 1.82) is 0 Å². The molecule has 1 aliphatic heterocycles. The maximum Gasteiger partial charge on any atom is 0.128 e. The lowest BCUT2D eigenvalue weighted by Crippen LogP contribution is -2.57. The monoisotopic (exact) mass is 291 g/mol. The molecule has 1 aromatic heterocycles. The van der Waals surface area contributed by atoms with Gasteiger partial charge < -0.3 is 15.0 Å². The van der Waals surface area contributed by atoms with Crippen molar-refractivity contribution in [2.75, 3.05) is 18.0 Å². The average Bonchev–Trinajstić information content (AvgIpc) is 2.33. The molecular formula is C17H29N3O. The summed E-state index contributed by atoms with van der Waals surface area (Å²) in [5, 5.41) is 3.41. The second-order valence-electron chi connectivity index (χ2n) is 7.54. The maximum absolute atomic E-state index is 6.12. The van der Waals surface area contributed by atoms with Crippen molar-refractivity contribution in [2.45, 2.75) is 65.3 Å². The minimum Gasteiger partial charge on any atom is -0.366 e. The Labute approximate surface area is 128 Å². The van der Waals surface area contributed by atoms with E-state index in [0.717, 1.165) is 25.5 Å². The zero-order valence-corrected chi connectivity index (χ0v) is 14.2. The molecule has 1 N–H and O–H groups in total. The molecular weight excluding hydrogens is 262 g/mol. The summed E-state index contributed by atoms with van der Waals surface area (Å²) in [5.74, 6) is 1.03. The molecule has 0 radical (unpaired) electrons. The molecule has 0 aromatic carbocycles. The Kier molecular flexibility index (Phi) is 4.59. The van der Waals surface area contributed by atoms with Crippen LogP contribution in [0.25, 0.3) is 0 Å². The van der Waals surface area contributed by atoms with Crippen LogP contribution in [0.1, 0.15) is 47.1 Å². The summed E-state index contributed by atoms with van der Waals surface area (Å²) in [6.07, 6.45) is 1.97. The highest BCUT2D eigenvalue weighted by Crippen LogP contribution is 2.30. The maximum atomic E-state index is 6.12. The summed E-state index contributed by atoms with van der Waals surface area (Å²) in [6, 6.07) is 4.77. The van der Waals surface area contributed by atoms with Gasteiger partial charge in [-0.3, -0.25) is 0 Å². The zero-order chi connectivity index (χ0) is 15.7. The molecule has 0 amide bonds. The number of nitrogens with one attached hydrogen (secondary N) is 1. The normalized spacial score (nSPS) is 20.8. The first-order valence-corrected chi connectivity index (χ1v) is 7.80. The number of nitrogens with zero attached hydrogens (tertiary/aromatic N) is 2. The van der Waals surface area contributed by atoms with Gasteiger partial charge in [0, 0.05) is 31.9 Å². The average molecular weight is 291 g/mol. The summed E-state index contributed by atoms with van der Waals surface area (Å²) in [5.41, 5.74) is 0.919. The highest BCUT2D eigenvalue weighted by molar-refractivity contribution is 5.41. The second kappa shape index (κ2) is 5.93. The Morgan fingerprint density at radius 1 is 1.19 bits per heavy atom. The number of aromatic nitrogens is 1. The number of hydrogen-bond donors (Lipinski definition) is 1. The Bertz CT molecular complexity index is 449. The molecule has 0 saturated carbocycles.